The molecule has 27 heavy (non-hydrogen) atoms. The number of carbonyl (C=O) groups excluding carboxylic acids is 2. The zero-order chi connectivity index (χ0) is 18.7. The summed E-state index contributed by atoms with van der Waals surface area (Å²) in [6.07, 6.45) is 1.43. The fourth-order valence-electron chi connectivity index (χ4n) is 4.58. The van der Waals surface area contributed by atoms with Crippen molar-refractivity contribution in [3.8, 4) is 5.88 Å². The third-order valence-corrected chi connectivity index (χ3v) is 5.83. The lowest BCUT2D eigenvalue weighted by atomic mass is 9.79. The number of aromatic nitrogens is 2. The maximum atomic E-state index is 13.4. The lowest BCUT2D eigenvalue weighted by molar-refractivity contribution is -0.122. The number of ether oxygens (including phenoxy) is 1. The Morgan fingerprint density at radius 1 is 1.07 bits per heavy atom. The van der Waals surface area contributed by atoms with Crippen LogP contribution in [-0.2, 0) is 23.1 Å². The molecule has 1 aliphatic heterocycles. The van der Waals surface area contributed by atoms with Crippen LogP contribution in [0.15, 0.2) is 42.5 Å². The Labute approximate surface area is 156 Å². The van der Waals surface area contributed by atoms with Gasteiger partial charge < -0.3 is 9.30 Å². The van der Waals surface area contributed by atoms with E-state index >= 15 is 0 Å². The molecule has 1 saturated heterocycles. The number of nitrogens with zero attached hydrogens (tertiary/aromatic N) is 3. The maximum Gasteiger partial charge on any atom is 0.242 e. The molecule has 3 heterocycles. The third kappa shape index (κ3) is 2.10. The molecule has 136 valence electrons. The summed E-state index contributed by atoms with van der Waals surface area (Å²) in [5.41, 5.74) is 4.33. The Morgan fingerprint density at radius 2 is 1.85 bits per heavy atom. The lowest BCUT2D eigenvalue weighted by Crippen LogP contribution is -2.30. The first-order valence-corrected chi connectivity index (χ1v) is 9.07. The second kappa shape index (κ2) is 5.67. The molecule has 0 saturated carbocycles. The Bertz CT molecular complexity index is 1090. The number of fused-ring (bicyclic) bond motifs is 5. The van der Waals surface area contributed by atoms with Crippen molar-refractivity contribution in [1.29, 1.82) is 0 Å². The summed E-state index contributed by atoms with van der Waals surface area (Å²) >= 11 is 0. The van der Waals surface area contributed by atoms with Crippen LogP contribution in [0.4, 0.5) is 5.69 Å². The van der Waals surface area contributed by atoms with Crippen molar-refractivity contribution in [2.45, 2.75) is 18.8 Å². The van der Waals surface area contributed by atoms with Gasteiger partial charge in [0, 0.05) is 24.4 Å². The SMILES string of the molecule is COc1ccc2c(n1)c1c(n2C)CCC2C(=O)N(c3ccccc3)C(=O)C12. The van der Waals surface area contributed by atoms with Crippen molar-refractivity contribution < 1.29 is 14.3 Å². The minimum atomic E-state index is -0.482. The van der Waals surface area contributed by atoms with Crippen LogP contribution < -0.4 is 9.64 Å². The molecule has 6 heteroatoms. The zero-order valence-electron chi connectivity index (χ0n) is 15.2. The van der Waals surface area contributed by atoms with Crippen molar-refractivity contribution in [2.24, 2.45) is 13.0 Å². The van der Waals surface area contributed by atoms with Gasteiger partial charge in [-0.3, -0.25) is 9.59 Å². The van der Waals surface area contributed by atoms with Crippen molar-refractivity contribution in [3.63, 3.8) is 0 Å². The van der Waals surface area contributed by atoms with E-state index in [4.69, 9.17) is 4.74 Å². The summed E-state index contributed by atoms with van der Waals surface area (Å²) < 4.78 is 7.38. The molecule has 2 amide bonds. The van der Waals surface area contributed by atoms with E-state index in [0.29, 0.717) is 18.0 Å². The molecule has 0 spiro atoms. The van der Waals surface area contributed by atoms with Crippen LogP contribution >= 0.6 is 0 Å². The molecular formula is C21H19N3O3. The molecule has 2 aliphatic rings. The number of aryl methyl sites for hydroxylation is 1. The van der Waals surface area contributed by atoms with Gasteiger partial charge in [-0.25, -0.2) is 9.88 Å². The molecule has 1 aromatic carbocycles. The number of imide groups is 1. The van der Waals surface area contributed by atoms with Crippen molar-refractivity contribution in [1.82, 2.24) is 9.55 Å². The van der Waals surface area contributed by atoms with Gasteiger partial charge in [-0.1, -0.05) is 18.2 Å². The van der Waals surface area contributed by atoms with Crippen molar-refractivity contribution >= 4 is 28.5 Å². The molecule has 1 aliphatic carbocycles. The third-order valence-electron chi connectivity index (χ3n) is 5.83. The van der Waals surface area contributed by atoms with Gasteiger partial charge in [0.1, 0.15) is 0 Å². The van der Waals surface area contributed by atoms with Gasteiger partial charge >= 0.3 is 0 Å². The highest BCUT2D eigenvalue weighted by Crippen LogP contribution is 2.47. The summed E-state index contributed by atoms with van der Waals surface area (Å²) in [4.78, 5) is 32.4. The Hall–Kier alpha value is -3.15. The van der Waals surface area contributed by atoms with E-state index in [-0.39, 0.29) is 17.7 Å². The second-order valence-corrected chi connectivity index (χ2v) is 7.11. The Balaban J connectivity index is 1.71. The van der Waals surface area contributed by atoms with E-state index < -0.39 is 5.92 Å². The van der Waals surface area contributed by atoms with Gasteiger partial charge in [-0.2, -0.15) is 0 Å². The topological polar surface area (TPSA) is 64.4 Å². The van der Waals surface area contributed by atoms with Crippen LogP contribution in [0.25, 0.3) is 11.0 Å². The molecule has 1 fully saturated rings. The van der Waals surface area contributed by atoms with E-state index in [1.165, 1.54) is 4.90 Å². The Kier molecular flexibility index (Phi) is 3.37. The molecule has 0 N–H and O–H groups in total. The summed E-state index contributed by atoms with van der Waals surface area (Å²) in [5.74, 6) is -0.570. The van der Waals surface area contributed by atoms with E-state index in [9.17, 15) is 9.59 Å². The van der Waals surface area contributed by atoms with Gasteiger partial charge in [0.05, 0.1) is 35.7 Å². The monoisotopic (exact) mass is 361 g/mol. The summed E-state index contributed by atoms with van der Waals surface area (Å²) in [7, 11) is 3.57. The van der Waals surface area contributed by atoms with E-state index in [1.54, 1.807) is 19.2 Å². The molecular weight excluding hydrogens is 342 g/mol. The number of rotatable bonds is 2. The summed E-state index contributed by atoms with van der Waals surface area (Å²) in [6.45, 7) is 0. The first-order chi connectivity index (χ1) is 13.1. The van der Waals surface area contributed by atoms with Gasteiger partial charge in [0.25, 0.3) is 0 Å². The van der Waals surface area contributed by atoms with E-state index in [0.717, 1.165) is 28.7 Å². The average Bonchev–Trinajstić information content (AvgIpc) is 3.13. The quantitative estimate of drug-likeness (QED) is 0.659. The average molecular weight is 361 g/mol. The fourth-order valence-corrected chi connectivity index (χ4v) is 4.58. The predicted molar refractivity (Wildman–Crippen MR) is 101 cm³/mol. The van der Waals surface area contributed by atoms with Crippen LogP contribution in [0.3, 0.4) is 0 Å². The number of pyridine rings is 1. The normalized spacial score (nSPS) is 21.5. The van der Waals surface area contributed by atoms with Gasteiger partial charge in [0.15, 0.2) is 0 Å². The highest BCUT2D eigenvalue weighted by atomic mass is 16.5. The largest absolute Gasteiger partial charge is 0.481 e. The predicted octanol–water partition coefficient (Wildman–Crippen LogP) is 2.80. The minimum absolute atomic E-state index is 0.109. The number of carbonyl (C=O) groups is 2. The number of hydrogen-bond donors (Lipinski definition) is 0. The smallest absolute Gasteiger partial charge is 0.242 e. The van der Waals surface area contributed by atoms with Crippen LogP contribution in [0.2, 0.25) is 0 Å². The number of hydrogen-bond acceptors (Lipinski definition) is 4. The first-order valence-electron chi connectivity index (χ1n) is 9.07. The van der Waals surface area contributed by atoms with Crippen LogP contribution in [0, 0.1) is 5.92 Å². The van der Waals surface area contributed by atoms with Crippen LogP contribution in [0.1, 0.15) is 23.6 Å². The van der Waals surface area contributed by atoms with Crippen LogP contribution in [-0.4, -0.2) is 28.5 Å². The first kappa shape index (κ1) is 16.1. The number of anilines is 1. The number of benzene rings is 1. The number of para-hydroxylation sites is 1. The van der Waals surface area contributed by atoms with Crippen molar-refractivity contribution in [3.05, 3.63) is 53.7 Å². The maximum absolute atomic E-state index is 13.4. The van der Waals surface area contributed by atoms with E-state index in [2.05, 4.69) is 9.55 Å². The molecule has 3 aromatic rings. The van der Waals surface area contributed by atoms with Gasteiger partial charge in [-0.15, -0.1) is 0 Å². The standard InChI is InChI=1S/C21H19N3O3/c1-23-14-9-8-13-17(18(14)19-15(23)10-11-16(22-19)27-2)21(26)24(20(13)25)12-6-4-3-5-7-12/h3-7,10-11,13,17H,8-9H2,1-2H3. The van der Waals surface area contributed by atoms with Crippen molar-refractivity contribution in [2.75, 3.05) is 12.0 Å². The molecule has 2 unspecified atom stereocenters. The van der Waals surface area contributed by atoms with E-state index in [1.807, 2.05) is 37.4 Å². The minimum Gasteiger partial charge on any atom is -0.481 e. The molecule has 2 atom stereocenters. The fraction of sp³-hybridized carbons (Fsp3) is 0.286. The van der Waals surface area contributed by atoms with Crippen LogP contribution in [0.5, 0.6) is 5.88 Å². The lowest BCUT2D eigenvalue weighted by Gasteiger charge is -2.22. The molecule has 0 radical (unpaired) electrons. The Morgan fingerprint density at radius 3 is 2.59 bits per heavy atom. The van der Waals surface area contributed by atoms with Gasteiger partial charge in [0.2, 0.25) is 17.7 Å². The highest BCUT2D eigenvalue weighted by Gasteiger charge is 2.52. The number of methoxy groups -OCH3 is 1. The summed E-state index contributed by atoms with van der Waals surface area (Å²) in [5, 5.41) is 0. The molecule has 2 aromatic heterocycles. The zero-order valence-corrected chi connectivity index (χ0v) is 15.2. The molecule has 6 nitrogen and oxygen atoms in total. The highest BCUT2D eigenvalue weighted by molar-refractivity contribution is 6.24. The van der Waals surface area contributed by atoms with Gasteiger partial charge in [-0.05, 0) is 31.0 Å². The second-order valence-electron chi connectivity index (χ2n) is 7.11. The summed E-state index contributed by atoms with van der Waals surface area (Å²) in [6, 6.07) is 13.0. The molecule has 5 rings (SSSR count). The number of amides is 2. The molecule has 0 bridgehead atoms.